The van der Waals surface area contributed by atoms with E-state index in [0.29, 0.717) is 11.8 Å². The third-order valence-corrected chi connectivity index (χ3v) is 3.66. The van der Waals surface area contributed by atoms with E-state index in [0.717, 1.165) is 24.7 Å². The highest BCUT2D eigenvalue weighted by atomic mass is 16.5. The van der Waals surface area contributed by atoms with E-state index in [-0.39, 0.29) is 6.10 Å². The van der Waals surface area contributed by atoms with Gasteiger partial charge in [0, 0.05) is 13.1 Å². The molecule has 2 fully saturated rings. The number of nitrogens with zero attached hydrogens (tertiary/aromatic N) is 3. The van der Waals surface area contributed by atoms with E-state index in [2.05, 4.69) is 16.8 Å². The Balaban J connectivity index is 1.75. The first-order valence-corrected chi connectivity index (χ1v) is 6.53. The summed E-state index contributed by atoms with van der Waals surface area (Å²) >= 11 is 0. The maximum Gasteiger partial charge on any atom is 0.140 e. The van der Waals surface area contributed by atoms with Crippen LogP contribution in [0.5, 0.6) is 0 Å². The Hall–Kier alpha value is -1.60. The largest absolute Gasteiger partial charge is 0.371 e. The Morgan fingerprint density at radius 3 is 2.83 bits per heavy atom. The van der Waals surface area contributed by atoms with Gasteiger partial charge < -0.3 is 9.64 Å². The minimum absolute atomic E-state index is 0.264. The maximum atomic E-state index is 8.76. The SMILES string of the molecule is C[C@@H]1CN(c2ccc(C#N)nc2)C[C@H](C2CC2)O1. The molecule has 1 saturated carbocycles. The highest BCUT2D eigenvalue weighted by molar-refractivity contribution is 5.46. The van der Waals surface area contributed by atoms with Crippen LogP contribution < -0.4 is 4.90 Å². The molecule has 0 bridgehead atoms. The summed E-state index contributed by atoms with van der Waals surface area (Å²) in [5.41, 5.74) is 1.56. The standard InChI is InChI=1S/C14H17N3O/c1-10-8-17(9-14(18-10)11-2-3-11)13-5-4-12(6-15)16-7-13/h4-5,7,10-11,14H,2-3,8-9H2,1H3/t10-,14-/m1/s1. The van der Waals surface area contributed by atoms with Crippen LogP contribution in [0.3, 0.4) is 0 Å². The quantitative estimate of drug-likeness (QED) is 0.796. The van der Waals surface area contributed by atoms with Crippen molar-refractivity contribution in [3.8, 4) is 6.07 Å². The summed E-state index contributed by atoms with van der Waals surface area (Å²) in [5.74, 6) is 0.751. The molecule has 1 aliphatic heterocycles. The van der Waals surface area contributed by atoms with Crippen molar-refractivity contribution < 1.29 is 4.74 Å². The van der Waals surface area contributed by atoms with Crippen molar-refractivity contribution >= 4 is 5.69 Å². The van der Waals surface area contributed by atoms with Crippen LogP contribution in [0.2, 0.25) is 0 Å². The number of rotatable bonds is 2. The normalized spacial score (nSPS) is 27.9. The van der Waals surface area contributed by atoms with E-state index in [1.54, 1.807) is 12.3 Å². The third-order valence-electron chi connectivity index (χ3n) is 3.66. The van der Waals surface area contributed by atoms with Gasteiger partial charge in [0.25, 0.3) is 0 Å². The van der Waals surface area contributed by atoms with Gasteiger partial charge in [0.1, 0.15) is 11.8 Å². The number of aromatic nitrogens is 1. The van der Waals surface area contributed by atoms with E-state index in [4.69, 9.17) is 10.00 Å². The van der Waals surface area contributed by atoms with Crippen molar-refractivity contribution in [1.82, 2.24) is 4.98 Å². The molecule has 18 heavy (non-hydrogen) atoms. The molecule has 1 aromatic heterocycles. The van der Waals surface area contributed by atoms with Gasteiger partial charge in [0.05, 0.1) is 24.1 Å². The minimum Gasteiger partial charge on any atom is -0.371 e. The van der Waals surface area contributed by atoms with Crippen LogP contribution in [0.4, 0.5) is 5.69 Å². The molecule has 1 aliphatic carbocycles. The molecular weight excluding hydrogens is 226 g/mol. The average Bonchev–Trinajstić information content (AvgIpc) is 3.22. The molecule has 4 nitrogen and oxygen atoms in total. The fraction of sp³-hybridized carbons (Fsp3) is 0.571. The maximum absolute atomic E-state index is 8.76. The van der Waals surface area contributed by atoms with Crippen LogP contribution in [0, 0.1) is 17.2 Å². The zero-order valence-electron chi connectivity index (χ0n) is 10.5. The fourth-order valence-electron chi connectivity index (χ4n) is 2.56. The van der Waals surface area contributed by atoms with E-state index >= 15 is 0 Å². The number of morpholine rings is 1. The second-order valence-electron chi connectivity index (χ2n) is 5.24. The molecule has 4 heteroatoms. The van der Waals surface area contributed by atoms with Crippen LogP contribution in [0.1, 0.15) is 25.5 Å². The molecule has 3 rings (SSSR count). The van der Waals surface area contributed by atoms with Crippen LogP contribution in [0.15, 0.2) is 18.3 Å². The van der Waals surface area contributed by atoms with Crippen LogP contribution in [0.25, 0.3) is 0 Å². The lowest BCUT2D eigenvalue weighted by Gasteiger charge is -2.38. The molecule has 2 heterocycles. The van der Waals surface area contributed by atoms with Gasteiger partial charge in [-0.2, -0.15) is 5.26 Å². The first-order chi connectivity index (χ1) is 8.76. The second-order valence-corrected chi connectivity index (χ2v) is 5.24. The van der Waals surface area contributed by atoms with Crippen molar-refractivity contribution in [2.45, 2.75) is 32.0 Å². The fourth-order valence-corrected chi connectivity index (χ4v) is 2.56. The Morgan fingerprint density at radius 1 is 1.39 bits per heavy atom. The van der Waals surface area contributed by atoms with E-state index in [9.17, 15) is 0 Å². The molecule has 2 aliphatic rings. The number of nitriles is 1. The summed E-state index contributed by atoms with van der Waals surface area (Å²) in [4.78, 5) is 6.46. The number of ether oxygens (including phenoxy) is 1. The van der Waals surface area contributed by atoms with E-state index < -0.39 is 0 Å². The van der Waals surface area contributed by atoms with Gasteiger partial charge in [0.2, 0.25) is 0 Å². The van der Waals surface area contributed by atoms with Crippen LogP contribution in [-0.4, -0.2) is 30.3 Å². The Bertz CT molecular complexity index is 461. The first kappa shape index (κ1) is 11.5. The Morgan fingerprint density at radius 2 is 2.22 bits per heavy atom. The van der Waals surface area contributed by atoms with E-state index in [1.165, 1.54) is 12.8 Å². The predicted octanol–water partition coefficient (Wildman–Crippen LogP) is 1.96. The van der Waals surface area contributed by atoms with Gasteiger partial charge in [-0.1, -0.05) is 0 Å². The molecule has 94 valence electrons. The molecule has 0 amide bonds. The molecule has 2 atom stereocenters. The molecule has 1 saturated heterocycles. The molecule has 0 spiro atoms. The zero-order chi connectivity index (χ0) is 12.5. The van der Waals surface area contributed by atoms with Gasteiger partial charge in [0.15, 0.2) is 0 Å². The van der Waals surface area contributed by atoms with Gasteiger partial charge in [-0.3, -0.25) is 0 Å². The average molecular weight is 243 g/mol. The summed E-state index contributed by atoms with van der Waals surface area (Å²) in [6.45, 7) is 3.97. The summed E-state index contributed by atoms with van der Waals surface area (Å²) in [7, 11) is 0. The molecule has 1 aromatic rings. The predicted molar refractivity (Wildman–Crippen MR) is 68.2 cm³/mol. The molecule has 0 aromatic carbocycles. The van der Waals surface area contributed by atoms with Gasteiger partial charge in [-0.25, -0.2) is 4.98 Å². The van der Waals surface area contributed by atoms with Gasteiger partial charge >= 0.3 is 0 Å². The lowest BCUT2D eigenvalue weighted by atomic mass is 10.1. The van der Waals surface area contributed by atoms with Crippen molar-refractivity contribution in [3.63, 3.8) is 0 Å². The number of hydrogen-bond donors (Lipinski definition) is 0. The molecule has 0 radical (unpaired) electrons. The second kappa shape index (κ2) is 4.58. The summed E-state index contributed by atoms with van der Waals surface area (Å²) in [5, 5.41) is 8.76. The van der Waals surface area contributed by atoms with Crippen molar-refractivity contribution in [1.29, 1.82) is 5.26 Å². The summed E-state index contributed by atoms with van der Waals surface area (Å²) in [6.07, 6.45) is 5.03. The summed E-state index contributed by atoms with van der Waals surface area (Å²) in [6, 6.07) is 5.81. The third kappa shape index (κ3) is 2.32. The number of pyridine rings is 1. The topological polar surface area (TPSA) is 49.2 Å². The van der Waals surface area contributed by atoms with Gasteiger partial charge in [-0.15, -0.1) is 0 Å². The number of hydrogen-bond acceptors (Lipinski definition) is 4. The van der Waals surface area contributed by atoms with Crippen LogP contribution >= 0.6 is 0 Å². The Kier molecular flexibility index (Phi) is 2.92. The first-order valence-electron chi connectivity index (χ1n) is 6.53. The van der Waals surface area contributed by atoms with Crippen molar-refractivity contribution in [2.24, 2.45) is 5.92 Å². The summed E-state index contributed by atoms with van der Waals surface area (Å²) < 4.78 is 5.99. The van der Waals surface area contributed by atoms with Crippen LogP contribution in [-0.2, 0) is 4.74 Å². The zero-order valence-corrected chi connectivity index (χ0v) is 10.5. The Labute approximate surface area is 107 Å². The number of anilines is 1. The highest BCUT2D eigenvalue weighted by Gasteiger charge is 2.37. The lowest BCUT2D eigenvalue weighted by molar-refractivity contribution is -0.0271. The van der Waals surface area contributed by atoms with Crippen molar-refractivity contribution in [2.75, 3.05) is 18.0 Å². The van der Waals surface area contributed by atoms with Crippen molar-refractivity contribution in [3.05, 3.63) is 24.0 Å². The van der Waals surface area contributed by atoms with E-state index in [1.807, 2.05) is 12.1 Å². The molecule has 0 N–H and O–H groups in total. The molecule has 0 unspecified atom stereocenters. The monoisotopic (exact) mass is 243 g/mol. The highest BCUT2D eigenvalue weighted by Crippen LogP contribution is 2.37. The minimum atomic E-state index is 0.264. The smallest absolute Gasteiger partial charge is 0.140 e. The van der Waals surface area contributed by atoms with Gasteiger partial charge in [-0.05, 0) is 37.8 Å². The lowest BCUT2D eigenvalue weighted by Crippen LogP contribution is -2.47. The molecular formula is C14H17N3O.